The Balaban J connectivity index is 1.48. The van der Waals surface area contributed by atoms with E-state index in [1.165, 1.54) is 51.7 Å². The Bertz CT molecular complexity index is 644. The van der Waals surface area contributed by atoms with Crippen LogP contribution in [0, 0.1) is 0 Å². The van der Waals surface area contributed by atoms with Gasteiger partial charge in [0, 0.05) is 12.1 Å². The van der Waals surface area contributed by atoms with Gasteiger partial charge in [-0.2, -0.15) is 9.97 Å². The fourth-order valence-electron chi connectivity index (χ4n) is 3.97. The second-order valence-electron chi connectivity index (χ2n) is 7.93. The number of amides is 1. The molecule has 2 aliphatic rings. The number of likely N-dealkylation sites (tertiary alicyclic amines) is 1. The maximum atomic E-state index is 12.5. The van der Waals surface area contributed by atoms with Crippen LogP contribution in [0.3, 0.4) is 0 Å². The van der Waals surface area contributed by atoms with Gasteiger partial charge in [0.15, 0.2) is 0 Å². The molecule has 7 nitrogen and oxygen atoms in total. The van der Waals surface area contributed by atoms with Gasteiger partial charge in [0.2, 0.25) is 5.91 Å². The standard InChI is InChI=1S/C21H35N5O2/c1-2-3-15-28-21-23-19(22)17-16-18(27)26(20(17)24-21)14-10-6-9-13-25-11-7-4-5-8-12-25/h2-16H2,1H3,(H2,22,23,24). The van der Waals surface area contributed by atoms with E-state index in [1.54, 1.807) is 4.90 Å². The van der Waals surface area contributed by atoms with Crippen LogP contribution in [0.15, 0.2) is 0 Å². The highest BCUT2D eigenvalue weighted by molar-refractivity contribution is 6.01. The fraction of sp³-hybridized carbons (Fsp3) is 0.762. The number of unbranched alkanes of at least 4 members (excludes halogenated alkanes) is 3. The Morgan fingerprint density at radius 3 is 2.50 bits per heavy atom. The number of nitrogens with two attached hydrogens (primary N) is 1. The molecule has 0 aromatic carbocycles. The minimum absolute atomic E-state index is 0.0641. The summed E-state index contributed by atoms with van der Waals surface area (Å²) in [7, 11) is 0. The number of hydrogen-bond donors (Lipinski definition) is 1. The predicted molar refractivity (Wildman–Crippen MR) is 112 cm³/mol. The molecule has 3 rings (SSSR count). The number of ether oxygens (including phenoxy) is 1. The number of rotatable bonds is 10. The molecular weight excluding hydrogens is 354 g/mol. The topological polar surface area (TPSA) is 84.6 Å². The van der Waals surface area contributed by atoms with Gasteiger partial charge in [-0.1, -0.05) is 32.6 Å². The molecule has 7 heteroatoms. The minimum atomic E-state index is 0.0641. The van der Waals surface area contributed by atoms with Gasteiger partial charge in [-0.05, 0) is 51.7 Å². The van der Waals surface area contributed by atoms with E-state index in [1.807, 2.05) is 0 Å². The van der Waals surface area contributed by atoms with Crippen molar-refractivity contribution < 1.29 is 9.53 Å². The van der Waals surface area contributed by atoms with Crippen LogP contribution in [0.2, 0.25) is 0 Å². The van der Waals surface area contributed by atoms with Crippen molar-refractivity contribution in [1.82, 2.24) is 14.9 Å². The highest BCUT2D eigenvalue weighted by atomic mass is 16.5. The molecule has 1 aromatic rings. The number of aromatic nitrogens is 2. The summed E-state index contributed by atoms with van der Waals surface area (Å²) in [5, 5.41) is 0. The maximum Gasteiger partial charge on any atom is 0.320 e. The first kappa shape index (κ1) is 20.8. The average Bonchev–Trinajstić information content (AvgIpc) is 2.85. The van der Waals surface area contributed by atoms with Crippen molar-refractivity contribution in [2.45, 2.75) is 71.1 Å². The molecular formula is C21H35N5O2. The first-order chi connectivity index (χ1) is 13.7. The fourth-order valence-corrected chi connectivity index (χ4v) is 3.97. The van der Waals surface area contributed by atoms with E-state index < -0.39 is 0 Å². The molecule has 1 saturated heterocycles. The van der Waals surface area contributed by atoms with Crippen molar-refractivity contribution in [3.8, 4) is 6.01 Å². The van der Waals surface area contributed by atoms with Crippen molar-refractivity contribution in [2.24, 2.45) is 0 Å². The molecule has 0 radical (unpaired) electrons. The molecule has 1 fully saturated rings. The van der Waals surface area contributed by atoms with Gasteiger partial charge in [-0.25, -0.2) is 0 Å². The van der Waals surface area contributed by atoms with Crippen LogP contribution in [-0.2, 0) is 11.2 Å². The third-order valence-corrected chi connectivity index (χ3v) is 5.67. The van der Waals surface area contributed by atoms with Crippen molar-refractivity contribution in [1.29, 1.82) is 0 Å². The molecule has 0 atom stereocenters. The molecule has 156 valence electrons. The summed E-state index contributed by atoms with van der Waals surface area (Å²) in [5.41, 5.74) is 6.81. The number of carbonyl (C=O) groups excluding carboxylic acids is 1. The summed E-state index contributed by atoms with van der Waals surface area (Å²) in [6, 6.07) is 0.283. The van der Waals surface area contributed by atoms with E-state index in [0.717, 1.165) is 31.2 Å². The second kappa shape index (κ2) is 10.6. The average molecular weight is 390 g/mol. The van der Waals surface area contributed by atoms with E-state index in [9.17, 15) is 4.79 Å². The van der Waals surface area contributed by atoms with Gasteiger partial charge >= 0.3 is 6.01 Å². The molecule has 0 unspecified atom stereocenters. The molecule has 0 bridgehead atoms. The SMILES string of the molecule is CCCCOc1nc(N)c2c(n1)N(CCCCCN1CCCCCC1)C(=O)C2. The first-order valence-electron chi connectivity index (χ1n) is 11.0. The van der Waals surface area contributed by atoms with Gasteiger partial charge in [0.25, 0.3) is 0 Å². The number of nitrogens with zero attached hydrogens (tertiary/aromatic N) is 4. The highest BCUT2D eigenvalue weighted by Crippen LogP contribution is 2.32. The zero-order valence-electron chi connectivity index (χ0n) is 17.3. The highest BCUT2D eigenvalue weighted by Gasteiger charge is 2.31. The van der Waals surface area contributed by atoms with Crippen LogP contribution < -0.4 is 15.4 Å². The van der Waals surface area contributed by atoms with E-state index in [4.69, 9.17) is 10.5 Å². The quantitative estimate of drug-likeness (QED) is 0.619. The second-order valence-corrected chi connectivity index (χ2v) is 7.93. The number of hydrogen-bond acceptors (Lipinski definition) is 6. The first-order valence-corrected chi connectivity index (χ1v) is 11.0. The Kier molecular flexibility index (Phi) is 7.89. The summed E-state index contributed by atoms with van der Waals surface area (Å²) in [6.45, 7) is 7.03. The van der Waals surface area contributed by atoms with Crippen LogP contribution in [0.5, 0.6) is 6.01 Å². The van der Waals surface area contributed by atoms with Crippen LogP contribution in [0.25, 0.3) is 0 Å². The summed E-state index contributed by atoms with van der Waals surface area (Å²) in [4.78, 5) is 25.5. The van der Waals surface area contributed by atoms with Gasteiger partial charge in [0.1, 0.15) is 11.6 Å². The monoisotopic (exact) mass is 389 g/mol. The van der Waals surface area contributed by atoms with Crippen molar-refractivity contribution in [3.05, 3.63) is 5.56 Å². The predicted octanol–water partition coefficient (Wildman–Crippen LogP) is 3.17. The van der Waals surface area contributed by atoms with Crippen molar-refractivity contribution in [3.63, 3.8) is 0 Å². The lowest BCUT2D eigenvalue weighted by molar-refractivity contribution is -0.117. The smallest absolute Gasteiger partial charge is 0.320 e. The summed E-state index contributed by atoms with van der Waals surface area (Å²) < 4.78 is 5.61. The van der Waals surface area contributed by atoms with Crippen LogP contribution in [0.4, 0.5) is 11.6 Å². The Morgan fingerprint density at radius 2 is 1.75 bits per heavy atom. The van der Waals surface area contributed by atoms with E-state index in [0.29, 0.717) is 31.2 Å². The van der Waals surface area contributed by atoms with Gasteiger partial charge in [-0.15, -0.1) is 0 Å². The number of nitrogen functional groups attached to an aromatic ring is 1. The van der Waals surface area contributed by atoms with Crippen LogP contribution in [0.1, 0.15) is 70.3 Å². The Morgan fingerprint density at radius 1 is 1.00 bits per heavy atom. The lowest BCUT2D eigenvalue weighted by Gasteiger charge is -2.20. The van der Waals surface area contributed by atoms with Crippen LogP contribution >= 0.6 is 0 Å². The van der Waals surface area contributed by atoms with E-state index in [2.05, 4.69) is 21.8 Å². The zero-order valence-corrected chi connectivity index (χ0v) is 17.3. The largest absolute Gasteiger partial charge is 0.463 e. The lowest BCUT2D eigenvalue weighted by Crippen LogP contribution is -2.29. The van der Waals surface area contributed by atoms with Crippen molar-refractivity contribution in [2.75, 3.05) is 43.4 Å². The summed E-state index contributed by atoms with van der Waals surface area (Å²) >= 11 is 0. The number of carbonyl (C=O) groups is 1. The number of anilines is 2. The van der Waals surface area contributed by atoms with Gasteiger partial charge in [-0.3, -0.25) is 9.69 Å². The van der Waals surface area contributed by atoms with E-state index >= 15 is 0 Å². The van der Waals surface area contributed by atoms with Gasteiger partial charge < -0.3 is 15.4 Å². The maximum absolute atomic E-state index is 12.5. The minimum Gasteiger partial charge on any atom is -0.463 e. The molecule has 28 heavy (non-hydrogen) atoms. The molecule has 1 aromatic heterocycles. The Labute approximate surface area is 168 Å². The summed E-state index contributed by atoms with van der Waals surface area (Å²) in [5.74, 6) is 1.08. The van der Waals surface area contributed by atoms with Crippen molar-refractivity contribution >= 4 is 17.5 Å². The molecule has 0 aliphatic carbocycles. The molecule has 2 aliphatic heterocycles. The van der Waals surface area contributed by atoms with E-state index in [-0.39, 0.29) is 11.9 Å². The Hall–Kier alpha value is -1.89. The number of fused-ring (bicyclic) bond motifs is 1. The molecule has 0 saturated carbocycles. The summed E-state index contributed by atoms with van der Waals surface area (Å²) in [6.07, 6.45) is 11.0. The lowest BCUT2D eigenvalue weighted by atomic mass is 10.2. The zero-order chi connectivity index (χ0) is 19.8. The molecule has 3 heterocycles. The third-order valence-electron chi connectivity index (χ3n) is 5.67. The van der Waals surface area contributed by atoms with Crippen LogP contribution in [-0.4, -0.2) is 53.6 Å². The third kappa shape index (κ3) is 5.56. The normalized spacial score (nSPS) is 17.6. The molecule has 0 spiro atoms. The van der Waals surface area contributed by atoms with Gasteiger partial charge in [0.05, 0.1) is 13.0 Å². The molecule has 1 amide bonds. The molecule has 2 N–H and O–H groups in total.